The van der Waals surface area contributed by atoms with E-state index in [1.54, 1.807) is 0 Å². The van der Waals surface area contributed by atoms with Crippen LogP contribution in [0.4, 0.5) is 5.13 Å². The molecule has 0 atom stereocenters. The van der Waals surface area contributed by atoms with Crippen molar-refractivity contribution in [2.45, 2.75) is 39.7 Å². The van der Waals surface area contributed by atoms with Crippen molar-refractivity contribution in [3.05, 3.63) is 11.1 Å². The van der Waals surface area contributed by atoms with E-state index in [2.05, 4.69) is 29.0 Å². The summed E-state index contributed by atoms with van der Waals surface area (Å²) in [6.07, 6.45) is 6.05. The third kappa shape index (κ3) is 3.96. The molecule has 0 bridgehead atoms. The standard InChI is InChI=1S/C13H23N3S/c1-3-7-16(10-11-5-6-11)13-15-9-12(17-13)8-14-4-2/h9,11,14H,3-8,10H2,1-2H3. The zero-order chi connectivity index (χ0) is 12.1. The van der Waals surface area contributed by atoms with Crippen molar-refractivity contribution in [2.24, 2.45) is 5.92 Å². The number of aromatic nitrogens is 1. The lowest BCUT2D eigenvalue weighted by molar-refractivity contribution is 0.706. The normalized spacial score (nSPS) is 15.2. The van der Waals surface area contributed by atoms with Crippen LogP contribution in [0.2, 0.25) is 0 Å². The molecule has 1 aromatic rings. The van der Waals surface area contributed by atoms with E-state index in [0.29, 0.717) is 0 Å². The predicted octanol–water partition coefficient (Wildman–Crippen LogP) is 2.88. The molecule has 1 aliphatic carbocycles. The molecule has 2 rings (SSSR count). The molecule has 1 aromatic heterocycles. The number of hydrogen-bond acceptors (Lipinski definition) is 4. The Labute approximate surface area is 108 Å². The molecule has 1 aliphatic rings. The number of anilines is 1. The van der Waals surface area contributed by atoms with Crippen molar-refractivity contribution >= 4 is 16.5 Å². The van der Waals surface area contributed by atoms with Crippen LogP contribution in [0.15, 0.2) is 6.20 Å². The molecule has 4 heteroatoms. The first-order valence-corrected chi connectivity index (χ1v) is 7.55. The minimum Gasteiger partial charge on any atom is -0.348 e. The van der Waals surface area contributed by atoms with E-state index in [0.717, 1.165) is 25.6 Å². The maximum atomic E-state index is 4.57. The van der Waals surface area contributed by atoms with Gasteiger partial charge in [-0.25, -0.2) is 4.98 Å². The summed E-state index contributed by atoms with van der Waals surface area (Å²) in [6, 6.07) is 0. The maximum absolute atomic E-state index is 4.57. The fourth-order valence-electron chi connectivity index (χ4n) is 1.92. The summed E-state index contributed by atoms with van der Waals surface area (Å²) in [6.45, 7) is 8.71. The van der Waals surface area contributed by atoms with Crippen molar-refractivity contribution in [1.82, 2.24) is 10.3 Å². The first kappa shape index (κ1) is 12.8. The maximum Gasteiger partial charge on any atom is 0.185 e. The van der Waals surface area contributed by atoms with Crippen LogP contribution >= 0.6 is 11.3 Å². The van der Waals surface area contributed by atoms with E-state index in [4.69, 9.17) is 0 Å². The van der Waals surface area contributed by atoms with Gasteiger partial charge < -0.3 is 10.2 Å². The minimum atomic E-state index is 0.933. The largest absolute Gasteiger partial charge is 0.348 e. The molecule has 0 aliphatic heterocycles. The van der Waals surface area contributed by atoms with Gasteiger partial charge in [-0.2, -0.15) is 0 Å². The third-order valence-corrected chi connectivity index (χ3v) is 4.09. The van der Waals surface area contributed by atoms with Gasteiger partial charge in [0.1, 0.15) is 0 Å². The fourth-order valence-corrected chi connectivity index (χ4v) is 2.83. The number of hydrogen-bond donors (Lipinski definition) is 1. The number of nitrogens with one attached hydrogen (secondary N) is 1. The highest BCUT2D eigenvalue weighted by atomic mass is 32.1. The van der Waals surface area contributed by atoms with Gasteiger partial charge in [-0.1, -0.05) is 13.8 Å². The van der Waals surface area contributed by atoms with Crippen molar-refractivity contribution in [1.29, 1.82) is 0 Å². The lowest BCUT2D eigenvalue weighted by Crippen LogP contribution is -2.26. The first-order chi connectivity index (χ1) is 8.33. The summed E-state index contributed by atoms with van der Waals surface area (Å²) in [5.41, 5.74) is 0. The summed E-state index contributed by atoms with van der Waals surface area (Å²) < 4.78 is 0. The minimum absolute atomic E-state index is 0.933. The van der Waals surface area contributed by atoms with Crippen molar-refractivity contribution < 1.29 is 0 Å². The Balaban J connectivity index is 1.93. The lowest BCUT2D eigenvalue weighted by Gasteiger charge is -2.20. The van der Waals surface area contributed by atoms with Crippen LogP contribution in [-0.2, 0) is 6.54 Å². The van der Waals surface area contributed by atoms with Gasteiger partial charge in [0.25, 0.3) is 0 Å². The fraction of sp³-hybridized carbons (Fsp3) is 0.769. The van der Waals surface area contributed by atoms with Gasteiger partial charge in [0.15, 0.2) is 5.13 Å². The average Bonchev–Trinajstić information content (AvgIpc) is 3.03. The first-order valence-electron chi connectivity index (χ1n) is 6.73. The van der Waals surface area contributed by atoms with Gasteiger partial charge in [0, 0.05) is 30.7 Å². The molecule has 1 N–H and O–H groups in total. The summed E-state index contributed by atoms with van der Waals surface area (Å²) in [5.74, 6) is 0.933. The Bertz CT molecular complexity index is 333. The second-order valence-electron chi connectivity index (χ2n) is 4.78. The van der Waals surface area contributed by atoms with E-state index in [1.165, 1.54) is 35.8 Å². The van der Waals surface area contributed by atoms with Crippen LogP contribution in [0.5, 0.6) is 0 Å². The van der Waals surface area contributed by atoms with Gasteiger partial charge >= 0.3 is 0 Å². The van der Waals surface area contributed by atoms with Gasteiger partial charge in [-0.15, -0.1) is 11.3 Å². The Hall–Kier alpha value is -0.610. The van der Waals surface area contributed by atoms with E-state index in [9.17, 15) is 0 Å². The van der Waals surface area contributed by atoms with Gasteiger partial charge in [-0.05, 0) is 31.7 Å². The van der Waals surface area contributed by atoms with Crippen molar-refractivity contribution in [3.8, 4) is 0 Å². The van der Waals surface area contributed by atoms with Crippen LogP contribution in [0, 0.1) is 5.92 Å². The van der Waals surface area contributed by atoms with Crippen molar-refractivity contribution in [3.63, 3.8) is 0 Å². The van der Waals surface area contributed by atoms with Gasteiger partial charge in [0.05, 0.1) is 0 Å². The Morgan fingerprint density at radius 1 is 1.47 bits per heavy atom. The molecule has 0 spiro atoms. The van der Waals surface area contributed by atoms with Crippen LogP contribution in [0.3, 0.4) is 0 Å². The molecule has 0 unspecified atom stereocenters. The Kier molecular flexibility index (Phi) is 4.80. The van der Waals surface area contributed by atoms with Gasteiger partial charge in [-0.3, -0.25) is 0 Å². The monoisotopic (exact) mass is 253 g/mol. The molecule has 1 fully saturated rings. The molecular formula is C13H23N3S. The second kappa shape index (κ2) is 6.36. The summed E-state index contributed by atoms with van der Waals surface area (Å²) in [4.78, 5) is 8.39. The van der Waals surface area contributed by atoms with Gasteiger partial charge in [0.2, 0.25) is 0 Å². The number of nitrogens with zero attached hydrogens (tertiary/aromatic N) is 2. The van der Waals surface area contributed by atoms with E-state index < -0.39 is 0 Å². The molecular weight excluding hydrogens is 230 g/mol. The molecule has 1 heterocycles. The van der Waals surface area contributed by atoms with E-state index in [-0.39, 0.29) is 0 Å². The summed E-state index contributed by atoms with van der Waals surface area (Å²) in [5, 5.41) is 4.57. The molecule has 96 valence electrons. The van der Waals surface area contributed by atoms with Crippen LogP contribution in [-0.4, -0.2) is 24.6 Å². The Morgan fingerprint density at radius 2 is 2.29 bits per heavy atom. The summed E-state index contributed by atoms with van der Waals surface area (Å²) in [7, 11) is 0. The smallest absolute Gasteiger partial charge is 0.185 e. The summed E-state index contributed by atoms with van der Waals surface area (Å²) >= 11 is 1.84. The highest BCUT2D eigenvalue weighted by molar-refractivity contribution is 7.15. The molecule has 0 amide bonds. The highest BCUT2D eigenvalue weighted by Gasteiger charge is 2.25. The van der Waals surface area contributed by atoms with E-state index in [1.807, 2.05) is 17.5 Å². The Morgan fingerprint density at radius 3 is 2.94 bits per heavy atom. The second-order valence-corrected chi connectivity index (χ2v) is 5.87. The van der Waals surface area contributed by atoms with Crippen molar-refractivity contribution in [2.75, 3.05) is 24.5 Å². The molecule has 0 saturated heterocycles. The topological polar surface area (TPSA) is 28.2 Å². The zero-order valence-corrected chi connectivity index (χ0v) is 11.7. The van der Waals surface area contributed by atoms with E-state index >= 15 is 0 Å². The number of rotatable bonds is 8. The average molecular weight is 253 g/mol. The zero-order valence-electron chi connectivity index (χ0n) is 10.9. The quantitative estimate of drug-likeness (QED) is 0.772. The molecule has 3 nitrogen and oxygen atoms in total. The molecule has 0 radical (unpaired) electrons. The third-order valence-electron chi connectivity index (χ3n) is 3.03. The molecule has 0 aromatic carbocycles. The predicted molar refractivity (Wildman–Crippen MR) is 74.7 cm³/mol. The number of thiazole rings is 1. The van der Waals surface area contributed by atoms with Crippen LogP contribution < -0.4 is 10.2 Å². The molecule has 1 saturated carbocycles. The van der Waals surface area contributed by atoms with Crippen LogP contribution in [0.1, 0.15) is 38.0 Å². The lowest BCUT2D eigenvalue weighted by atomic mass is 10.3. The SMILES string of the molecule is CCCN(CC1CC1)c1ncc(CNCC)s1. The highest BCUT2D eigenvalue weighted by Crippen LogP contribution is 2.32. The molecule has 17 heavy (non-hydrogen) atoms. The van der Waals surface area contributed by atoms with Crippen LogP contribution in [0.25, 0.3) is 0 Å².